The van der Waals surface area contributed by atoms with E-state index in [9.17, 15) is 4.79 Å². The fraction of sp³-hybridized carbons (Fsp3) is 0.389. The van der Waals surface area contributed by atoms with Gasteiger partial charge in [-0.2, -0.15) is 0 Å². The number of morpholine rings is 1. The smallest absolute Gasteiger partial charge is 0.255 e. The van der Waals surface area contributed by atoms with Gasteiger partial charge in [0.1, 0.15) is 5.82 Å². The van der Waals surface area contributed by atoms with Gasteiger partial charge in [-0.3, -0.25) is 4.79 Å². The Labute approximate surface area is 146 Å². The third-order valence-corrected chi connectivity index (χ3v) is 4.22. The summed E-state index contributed by atoms with van der Waals surface area (Å²) in [6.07, 6.45) is 4.93. The molecule has 0 aromatic carbocycles. The maximum Gasteiger partial charge on any atom is 0.255 e. The summed E-state index contributed by atoms with van der Waals surface area (Å²) >= 11 is 0. The van der Waals surface area contributed by atoms with E-state index in [2.05, 4.69) is 9.97 Å². The van der Waals surface area contributed by atoms with Gasteiger partial charge >= 0.3 is 0 Å². The topological polar surface area (TPSA) is 90.6 Å². The molecule has 2 aromatic rings. The zero-order valence-electron chi connectivity index (χ0n) is 14.2. The van der Waals surface area contributed by atoms with Gasteiger partial charge in [0.05, 0.1) is 25.4 Å². The number of hydrogen-bond donors (Lipinski definition) is 1. The average Bonchev–Trinajstić information content (AvgIpc) is 2.66. The standard InChI is InChI=1S/C18H22N4O3/c1-24-17-5-3-14(11-21-17)18(23)22-8-9-25-15(12-22)4-2-13-6-7-20-16(19)10-13/h3,5-7,10-11,15H,2,4,8-9,12H2,1H3,(H2,19,20)/t15-/m1/s1. The summed E-state index contributed by atoms with van der Waals surface area (Å²) in [5.74, 6) is 0.982. The fourth-order valence-electron chi connectivity index (χ4n) is 2.87. The SMILES string of the molecule is COc1ccc(C(=O)N2CCO[C@H](CCc3ccnc(N)c3)C2)cn1. The number of nitrogens with zero attached hydrogens (tertiary/aromatic N) is 3. The second kappa shape index (κ2) is 7.94. The Bertz CT molecular complexity index is 721. The van der Waals surface area contributed by atoms with E-state index in [0.29, 0.717) is 37.0 Å². The van der Waals surface area contributed by atoms with Crippen LogP contribution in [-0.2, 0) is 11.2 Å². The van der Waals surface area contributed by atoms with Crippen LogP contribution in [0, 0.1) is 0 Å². The van der Waals surface area contributed by atoms with Gasteiger partial charge in [-0.25, -0.2) is 9.97 Å². The molecule has 1 aliphatic heterocycles. The first kappa shape index (κ1) is 17.2. The Kier molecular flexibility index (Phi) is 5.45. The van der Waals surface area contributed by atoms with Crippen molar-refractivity contribution in [2.24, 2.45) is 0 Å². The molecule has 25 heavy (non-hydrogen) atoms. The molecule has 0 unspecified atom stereocenters. The van der Waals surface area contributed by atoms with Gasteiger partial charge in [0.15, 0.2) is 0 Å². The average molecular weight is 342 g/mol. The van der Waals surface area contributed by atoms with Crippen molar-refractivity contribution >= 4 is 11.7 Å². The van der Waals surface area contributed by atoms with Crippen LogP contribution in [0.4, 0.5) is 5.82 Å². The first-order chi connectivity index (χ1) is 12.2. The van der Waals surface area contributed by atoms with Crippen LogP contribution in [0.2, 0.25) is 0 Å². The first-order valence-corrected chi connectivity index (χ1v) is 8.27. The summed E-state index contributed by atoms with van der Waals surface area (Å²) in [6, 6.07) is 7.25. The number of aryl methyl sites for hydroxylation is 1. The normalized spacial score (nSPS) is 17.3. The van der Waals surface area contributed by atoms with Crippen molar-refractivity contribution in [2.45, 2.75) is 18.9 Å². The molecule has 1 fully saturated rings. The molecule has 2 aromatic heterocycles. The highest BCUT2D eigenvalue weighted by molar-refractivity contribution is 5.94. The quantitative estimate of drug-likeness (QED) is 0.886. The van der Waals surface area contributed by atoms with E-state index in [-0.39, 0.29) is 12.0 Å². The molecule has 1 amide bonds. The number of nitrogen functional groups attached to an aromatic ring is 1. The number of hydrogen-bond acceptors (Lipinski definition) is 6. The van der Waals surface area contributed by atoms with Crippen molar-refractivity contribution < 1.29 is 14.3 Å². The molecule has 3 rings (SSSR count). The maximum absolute atomic E-state index is 12.6. The summed E-state index contributed by atoms with van der Waals surface area (Å²) in [4.78, 5) is 22.5. The van der Waals surface area contributed by atoms with Gasteiger partial charge in [0.25, 0.3) is 5.91 Å². The van der Waals surface area contributed by atoms with Crippen molar-refractivity contribution in [1.82, 2.24) is 14.9 Å². The lowest BCUT2D eigenvalue weighted by Crippen LogP contribution is -2.45. The van der Waals surface area contributed by atoms with Crippen molar-refractivity contribution in [2.75, 3.05) is 32.5 Å². The molecular formula is C18H22N4O3. The van der Waals surface area contributed by atoms with Crippen molar-refractivity contribution in [3.8, 4) is 5.88 Å². The monoisotopic (exact) mass is 342 g/mol. The van der Waals surface area contributed by atoms with Crippen molar-refractivity contribution in [1.29, 1.82) is 0 Å². The fourth-order valence-corrected chi connectivity index (χ4v) is 2.87. The van der Waals surface area contributed by atoms with Gasteiger partial charge in [0, 0.05) is 31.5 Å². The minimum Gasteiger partial charge on any atom is -0.481 e. The number of carbonyl (C=O) groups excluding carboxylic acids is 1. The molecule has 1 aliphatic rings. The molecule has 2 N–H and O–H groups in total. The van der Waals surface area contributed by atoms with E-state index >= 15 is 0 Å². The van der Waals surface area contributed by atoms with Crippen molar-refractivity contribution in [3.63, 3.8) is 0 Å². The predicted octanol–water partition coefficient (Wildman–Crippen LogP) is 1.54. The molecule has 7 heteroatoms. The number of amides is 1. The van der Waals surface area contributed by atoms with Gasteiger partial charge in [0.2, 0.25) is 5.88 Å². The van der Waals surface area contributed by atoms with Crippen LogP contribution in [0.25, 0.3) is 0 Å². The number of nitrogens with two attached hydrogens (primary N) is 1. The van der Waals surface area contributed by atoms with Gasteiger partial charge in [-0.05, 0) is 36.6 Å². The lowest BCUT2D eigenvalue weighted by Gasteiger charge is -2.33. The van der Waals surface area contributed by atoms with Crippen LogP contribution in [-0.4, -0.2) is 53.7 Å². The Morgan fingerprint density at radius 1 is 1.40 bits per heavy atom. The molecule has 132 valence electrons. The van der Waals surface area contributed by atoms with Crippen LogP contribution < -0.4 is 10.5 Å². The second-order valence-electron chi connectivity index (χ2n) is 5.96. The van der Waals surface area contributed by atoms with E-state index in [1.54, 1.807) is 31.6 Å². The van der Waals surface area contributed by atoms with Crippen LogP contribution in [0.5, 0.6) is 5.88 Å². The molecular weight excluding hydrogens is 320 g/mol. The summed E-state index contributed by atoms with van der Waals surface area (Å²) < 4.78 is 10.8. The molecule has 0 radical (unpaired) electrons. The van der Waals surface area contributed by atoms with Gasteiger partial charge in [-0.15, -0.1) is 0 Å². The number of rotatable bonds is 5. The lowest BCUT2D eigenvalue weighted by molar-refractivity contribution is -0.0246. The van der Waals surface area contributed by atoms with Crippen LogP contribution in [0.15, 0.2) is 36.7 Å². The zero-order chi connectivity index (χ0) is 17.6. The third-order valence-electron chi connectivity index (χ3n) is 4.22. The van der Waals surface area contributed by atoms with Crippen LogP contribution >= 0.6 is 0 Å². The molecule has 3 heterocycles. The summed E-state index contributed by atoms with van der Waals surface area (Å²) in [7, 11) is 1.55. The molecule has 7 nitrogen and oxygen atoms in total. The predicted molar refractivity (Wildman–Crippen MR) is 93.4 cm³/mol. The molecule has 0 spiro atoms. The first-order valence-electron chi connectivity index (χ1n) is 8.27. The molecule has 0 bridgehead atoms. The van der Waals surface area contributed by atoms with Crippen molar-refractivity contribution in [3.05, 3.63) is 47.8 Å². The number of aromatic nitrogens is 2. The third kappa shape index (κ3) is 4.45. The van der Waals surface area contributed by atoms with E-state index in [4.69, 9.17) is 15.2 Å². The number of anilines is 1. The Hall–Kier alpha value is -2.67. The van der Waals surface area contributed by atoms with Crippen LogP contribution in [0.3, 0.4) is 0 Å². The zero-order valence-corrected chi connectivity index (χ0v) is 14.2. The summed E-state index contributed by atoms with van der Waals surface area (Å²) in [5, 5.41) is 0. The largest absolute Gasteiger partial charge is 0.481 e. The Balaban J connectivity index is 1.57. The van der Waals surface area contributed by atoms with E-state index < -0.39 is 0 Å². The number of carbonyl (C=O) groups is 1. The highest BCUT2D eigenvalue weighted by Gasteiger charge is 2.25. The maximum atomic E-state index is 12.6. The molecule has 1 saturated heterocycles. The minimum atomic E-state index is -0.0309. The highest BCUT2D eigenvalue weighted by Crippen LogP contribution is 2.16. The van der Waals surface area contributed by atoms with E-state index in [0.717, 1.165) is 18.4 Å². The molecule has 0 aliphatic carbocycles. The number of pyridine rings is 2. The minimum absolute atomic E-state index is 0.0123. The number of methoxy groups -OCH3 is 1. The highest BCUT2D eigenvalue weighted by atomic mass is 16.5. The van der Waals surface area contributed by atoms with Gasteiger partial charge in [-0.1, -0.05) is 0 Å². The lowest BCUT2D eigenvalue weighted by atomic mass is 10.1. The molecule has 0 saturated carbocycles. The Morgan fingerprint density at radius 3 is 3.00 bits per heavy atom. The Morgan fingerprint density at radius 2 is 2.28 bits per heavy atom. The molecule has 1 atom stereocenters. The van der Waals surface area contributed by atoms with E-state index in [1.165, 1.54) is 0 Å². The summed E-state index contributed by atoms with van der Waals surface area (Å²) in [6.45, 7) is 1.70. The van der Waals surface area contributed by atoms with Gasteiger partial charge < -0.3 is 20.1 Å². The van der Waals surface area contributed by atoms with Crippen LogP contribution in [0.1, 0.15) is 22.3 Å². The second-order valence-corrected chi connectivity index (χ2v) is 5.96. The number of ether oxygens (including phenoxy) is 2. The summed E-state index contributed by atoms with van der Waals surface area (Å²) in [5.41, 5.74) is 7.39. The van der Waals surface area contributed by atoms with E-state index in [1.807, 2.05) is 17.0 Å².